The molecule has 13 heavy (non-hydrogen) atoms. The van der Waals surface area contributed by atoms with Gasteiger partial charge in [0, 0.05) is 18.8 Å². The van der Waals surface area contributed by atoms with Gasteiger partial charge in [0.2, 0.25) is 5.28 Å². The van der Waals surface area contributed by atoms with Crippen LogP contribution in [0.1, 0.15) is 20.8 Å². The van der Waals surface area contributed by atoms with Gasteiger partial charge in [-0.1, -0.05) is 0 Å². The molecule has 0 fully saturated rings. The third-order valence-electron chi connectivity index (χ3n) is 1.87. The zero-order valence-electron chi connectivity index (χ0n) is 8.16. The third kappa shape index (κ3) is 2.56. The molecule has 0 saturated heterocycles. The van der Waals surface area contributed by atoms with E-state index in [0.717, 1.165) is 12.4 Å². The van der Waals surface area contributed by atoms with Crippen LogP contribution in [0.15, 0.2) is 12.3 Å². The van der Waals surface area contributed by atoms with Crippen molar-refractivity contribution < 1.29 is 0 Å². The number of halogens is 1. The van der Waals surface area contributed by atoms with E-state index in [0.29, 0.717) is 11.3 Å². The largest absolute Gasteiger partial charge is 0.354 e. The number of rotatable bonds is 3. The molecule has 0 aromatic carbocycles. The van der Waals surface area contributed by atoms with Crippen LogP contribution in [0.3, 0.4) is 0 Å². The number of hydrogen-bond donors (Lipinski definition) is 0. The molecule has 0 bridgehead atoms. The summed E-state index contributed by atoms with van der Waals surface area (Å²) in [5.41, 5.74) is 0. The molecule has 1 rings (SSSR count). The van der Waals surface area contributed by atoms with Crippen molar-refractivity contribution in [2.45, 2.75) is 26.8 Å². The summed E-state index contributed by atoms with van der Waals surface area (Å²) in [4.78, 5) is 10.1. The highest BCUT2D eigenvalue weighted by molar-refractivity contribution is 6.28. The van der Waals surface area contributed by atoms with Crippen LogP contribution in [0.25, 0.3) is 0 Å². The van der Waals surface area contributed by atoms with Crippen molar-refractivity contribution in [2.24, 2.45) is 0 Å². The number of hydrogen-bond acceptors (Lipinski definition) is 3. The lowest BCUT2D eigenvalue weighted by Gasteiger charge is -2.25. The fourth-order valence-electron chi connectivity index (χ4n) is 1.28. The number of aromatic nitrogens is 2. The second-order valence-corrected chi connectivity index (χ2v) is 3.40. The molecule has 1 aromatic rings. The quantitative estimate of drug-likeness (QED) is 0.700. The van der Waals surface area contributed by atoms with Crippen LogP contribution in [0.4, 0.5) is 5.82 Å². The molecule has 1 aromatic heterocycles. The van der Waals surface area contributed by atoms with Crippen LogP contribution in [0, 0.1) is 0 Å². The van der Waals surface area contributed by atoms with Gasteiger partial charge in [-0.15, -0.1) is 0 Å². The standard InChI is InChI=1S/C9H14ClN3/c1-4-13(7(2)3)8-5-6-11-9(10)12-8/h5-7H,4H2,1-3H3. The van der Waals surface area contributed by atoms with Gasteiger partial charge in [0.25, 0.3) is 0 Å². The molecule has 0 atom stereocenters. The summed E-state index contributed by atoms with van der Waals surface area (Å²) < 4.78 is 0. The fourth-order valence-corrected chi connectivity index (χ4v) is 1.42. The molecule has 0 amide bonds. The maximum absolute atomic E-state index is 5.70. The molecule has 0 aliphatic heterocycles. The van der Waals surface area contributed by atoms with Crippen LogP contribution in [0.2, 0.25) is 5.28 Å². The van der Waals surface area contributed by atoms with Crippen LogP contribution in [-0.2, 0) is 0 Å². The van der Waals surface area contributed by atoms with Crippen molar-refractivity contribution in [3.8, 4) is 0 Å². The number of anilines is 1. The lowest BCUT2D eigenvalue weighted by Crippen LogP contribution is -2.31. The molecule has 0 saturated carbocycles. The highest BCUT2D eigenvalue weighted by Crippen LogP contribution is 2.14. The lowest BCUT2D eigenvalue weighted by atomic mass is 10.3. The van der Waals surface area contributed by atoms with E-state index in [1.807, 2.05) is 6.07 Å². The Labute approximate surface area is 83.8 Å². The summed E-state index contributed by atoms with van der Waals surface area (Å²) in [6.45, 7) is 7.26. The van der Waals surface area contributed by atoms with Gasteiger partial charge in [-0.05, 0) is 38.4 Å². The summed E-state index contributed by atoms with van der Waals surface area (Å²) in [7, 11) is 0. The Morgan fingerprint density at radius 2 is 2.23 bits per heavy atom. The summed E-state index contributed by atoms with van der Waals surface area (Å²) in [5.74, 6) is 0.887. The Bertz CT molecular complexity index is 275. The SMILES string of the molecule is CCN(c1ccnc(Cl)n1)C(C)C. The van der Waals surface area contributed by atoms with Gasteiger partial charge in [0.1, 0.15) is 5.82 Å². The van der Waals surface area contributed by atoms with Gasteiger partial charge in [-0.2, -0.15) is 0 Å². The van der Waals surface area contributed by atoms with E-state index in [4.69, 9.17) is 11.6 Å². The molecular weight excluding hydrogens is 186 g/mol. The average molecular weight is 200 g/mol. The molecule has 4 heteroatoms. The molecule has 3 nitrogen and oxygen atoms in total. The molecule has 0 aliphatic carbocycles. The Morgan fingerprint density at radius 3 is 2.69 bits per heavy atom. The third-order valence-corrected chi connectivity index (χ3v) is 2.05. The Hall–Kier alpha value is -0.830. The zero-order chi connectivity index (χ0) is 9.84. The lowest BCUT2D eigenvalue weighted by molar-refractivity contribution is 0.692. The second-order valence-electron chi connectivity index (χ2n) is 3.06. The van der Waals surface area contributed by atoms with E-state index < -0.39 is 0 Å². The molecule has 0 radical (unpaired) electrons. The number of nitrogens with zero attached hydrogens (tertiary/aromatic N) is 3. The summed E-state index contributed by atoms with van der Waals surface area (Å²) in [5, 5.41) is 0.302. The minimum atomic E-state index is 0.302. The minimum Gasteiger partial charge on any atom is -0.354 e. The van der Waals surface area contributed by atoms with E-state index in [2.05, 4.69) is 35.6 Å². The highest BCUT2D eigenvalue weighted by Gasteiger charge is 2.09. The summed E-state index contributed by atoms with van der Waals surface area (Å²) >= 11 is 5.70. The van der Waals surface area contributed by atoms with Gasteiger partial charge >= 0.3 is 0 Å². The second kappa shape index (κ2) is 4.42. The van der Waals surface area contributed by atoms with Crippen molar-refractivity contribution in [3.05, 3.63) is 17.5 Å². The van der Waals surface area contributed by atoms with Crippen molar-refractivity contribution in [2.75, 3.05) is 11.4 Å². The maximum Gasteiger partial charge on any atom is 0.224 e. The molecule has 72 valence electrons. The van der Waals surface area contributed by atoms with Crippen LogP contribution in [0.5, 0.6) is 0 Å². The van der Waals surface area contributed by atoms with E-state index >= 15 is 0 Å². The van der Waals surface area contributed by atoms with E-state index in [1.165, 1.54) is 0 Å². The zero-order valence-corrected chi connectivity index (χ0v) is 8.91. The molecular formula is C9H14ClN3. The molecule has 1 heterocycles. The van der Waals surface area contributed by atoms with Crippen LogP contribution < -0.4 is 4.90 Å². The molecule has 0 unspecified atom stereocenters. The fraction of sp³-hybridized carbons (Fsp3) is 0.556. The Kier molecular flexibility index (Phi) is 3.48. The average Bonchev–Trinajstić information content (AvgIpc) is 2.04. The summed E-state index contributed by atoms with van der Waals surface area (Å²) in [6.07, 6.45) is 1.68. The van der Waals surface area contributed by atoms with Gasteiger partial charge in [-0.25, -0.2) is 9.97 Å². The smallest absolute Gasteiger partial charge is 0.224 e. The first-order chi connectivity index (χ1) is 6.15. The first kappa shape index (κ1) is 10.3. The van der Waals surface area contributed by atoms with Gasteiger partial charge < -0.3 is 4.90 Å². The predicted molar refractivity (Wildman–Crippen MR) is 55.2 cm³/mol. The first-order valence-corrected chi connectivity index (χ1v) is 4.78. The van der Waals surface area contributed by atoms with Gasteiger partial charge in [0.05, 0.1) is 0 Å². The summed E-state index contributed by atoms with van der Waals surface area (Å²) in [6, 6.07) is 2.30. The molecule has 0 spiro atoms. The normalized spacial score (nSPS) is 10.5. The van der Waals surface area contributed by atoms with E-state index in [9.17, 15) is 0 Å². The minimum absolute atomic E-state index is 0.302. The first-order valence-electron chi connectivity index (χ1n) is 4.40. The van der Waals surface area contributed by atoms with Crippen LogP contribution >= 0.6 is 11.6 Å². The molecule has 0 aliphatic rings. The maximum atomic E-state index is 5.70. The monoisotopic (exact) mass is 199 g/mol. The van der Waals surface area contributed by atoms with Gasteiger partial charge in [-0.3, -0.25) is 0 Å². The van der Waals surface area contributed by atoms with Crippen molar-refractivity contribution in [1.82, 2.24) is 9.97 Å². The highest BCUT2D eigenvalue weighted by atomic mass is 35.5. The van der Waals surface area contributed by atoms with Crippen molar-refractivity contribution >= 4 is 17.4 Å². The topological polar surface area (TPSA) is 29.0 Å². The van der Waals surface area contributed by atoms with Crippen molar-refractivity contribution in [1.29, 1.82) is 0 Å². The van der Waals surface area contributed by atoms with Gasteiger partial charge in [0.15, 0.2) is 0 Å². The molecule has 0 N–H and O–H groups in total. The van der Waals surface area contributed by atoms with E-state index in [1.54, 1.807) is 6.20 Å². The Balaban J connectivity index is 2.91. The van der Waals surface area contributed by atoms with Crippen LogP contribution in [-0.4, -0.2) is 22.6 Å². The predicted octanol–water partition coefficient (Wildman–Crippen LogP) is 2.36. The van der Waals surface area contributed by atoms with Crippen molar-refractivity contribution in [3.63, 3.8) is 0 Å². The Morgan fingerprint density at radius 1 is 1.54 bits per heavy atom. The van der Waals surface area contributed by atoms with E-state index in [-0.39, 0.29) is 0 Å².